The zero-order valence-corrected chi connectivity index (χ0v) is 10.8. The van der Waals surface area contributed by atoms with Crippen LogP contribution in [0.25, 0.3) is 0 Å². The molecule has 0 aliphatic heterocycles. The van der Waals surface area contributed by atoms with Gasteiger partial charge in [-0.1, -0.05) is 6.92 Å². The first-order chi connectivity index (χ1) is 7.72. The monoisotopic (exact) mass is 221 g/mol. The van der Waals surface area contributed by atoms with Crippen molar-refractivity contribution >= 4 is 5.69 Å². The molecule has 16 heavy (non-hydrogen) atoms. The lowest BCUT2D eigenvalue weighted by molar-refractivity contribution is 0.583. The number of nitrogens with zero attached hydrogens (tertiary/aromatic N) is 2. The Morgan fingerprint density at radius 1 is 1.25 bits per heavy atom. The highest BCUT2D eigenvalue weighted by Crippen LogP contribution is 2.15. The van der Waals surface area contributed by atoms with Gasteiger partial charge in [0.05, 0.1) is 17.6 Å². The van der Waals surface area contributed by atoms with E-state index in [1.165, 1.54) is 5.69 Å². The van der Waals surface area contributed by atoms with Gasteiger partial charge >= 0.3 is 0 Å². The van der Waals surface area contributed by atoms with Gasteiger partial charge in [-0.25, -0.2) is 0 Å². The molecule has 1 N–H and O–H groups in total. The van der Waals surface area contributed by atoms with E-state index in [2.05, 4.69) is 55.0 Å². The van der Waals surface area contributed by atoms with Crippen LogP contribution >= 0.6 is 0 Å². The van der Waals surface area contributed by atoms with E-state index in [0.29, 0.717) is 6.04 Å². The van der Waals surface area contributed by atoms with Gasteiger partial charge in [0.1, 0.15) is 0 Å². The smallest absolute Gasteiger partial charge is 0.0572 e. The van der Waals surface area contributed by atoms with E-state index in [9.17, 15) is 0 Å². The van der Waals surface area contributed by atoms with Gasteiger partial charge in [-0.3, -0.25) is 4.98 Å². The Morgan fingerprint density at radius 2 is 1.94 bits per heavy atom. The molecular formula is C13H23N3. The molecule has 0 spiro atoms. The maximum atomic E-state index is 4.51. The molecular weight excluding hydrogens is 198 g/mol. The Hall–Kier alpha value is -1.09. The number of aromatic nitrogens is 1. The van der Waals surface area contributed by atoms with Crippen LogP contribution in [0, 0.1) is 0 Å². The van der Waals surface area contributed by atoms with Crippen LogP contribution in [0.2, 0.25) is 0 Å². The summed E-state index contributed by atoms with van der Waals surface area (Å²) in [4.78, 5) is 6.81. The second-order valence-electron chi connectivity index (χ2n) is 3.89. The quantitative estimate of drug-likeness (QED) is 0.800. The van der Waals surface area contributed by atoms with Gasteiger partial charge in [0, 0.05) is 19.1 Å². The predicted molar refractivity (Wildman–Crippen MR) is 69.9 cm³/mol. The van der Waals surface area contributed by atoms with Gasteiger partial charge in [-0.2, -0.15) is 0 Å². The Morgan fingerprint density at radius 3 is 2.38 bits per heavy atom. The van der Waals surface area contributed by atoms with Crippen molar-refractivity contribution in [3.8, 4) is 0 Å². The van der Waals surface area contributed by atoms with Crippen LogP contribution in [-0.2, 0) is 0 Å². The molecule has 90 valence electrons. The average molecular weight is 221 g/mol. The van der Waals surface area contributed by atoms with E-state index in [1.54, 1.807) is 0 Å². The summed E-state index contributed by atoms with van der Waals surface area (Å²) < 4.78 is 0. The molecule has 0 bridgehead atoms. The second-order valence-corrected chi connectivity index (χ2v) is 3.89. The fraction of sp³-hybridized carbons (Fsp3) is 0.615. The number of hydrogen-bond donors (Lipinski definition) is 1. The number of anilines is 1. The van der Waals surface area contributed by atoms with Crippen LogP contribution in [0.1, 0.15) is 39.4 Å². The SMILES string of the molecule is CCNC(C)c1ccc(N(CC)CC)cn1. The highest BCUT2D eigenvalue weighted by Gasteiger charge is 2.06. The molecule has 0 amide bonds. The van der Waals surface area contributed by atoms with E-state index >= 15 is 0 Å². The van der Waals surface area contributed by atoms with Crippen LogP contribution in [0.3, 0.4) is 0 Å². The summed E-state index contributed by atoms with van der Waals surface area (Å²) in [5, 5.41) is 3.36. The predicted octanol–water partition coefficient (Wildman–Crippen LogP) is 2.60. The third-order valence-electron chi connectivity index (χ3n) is 2.85. The first kappa shape index (κ1) is 13.0. The van der Waals surface area contributed by atoms with Crippen molar-refractivity contribution in [2.75, 3.05) is 24.5 Å². The molecule has 0 aromatic carbocycles. The lowest BCUT2D eigenvalue weighted by Gasteiger charge is -2.21. The van der Waals surface area contributed by atoms with Crippen LogP contribution < -0.4 is 10.2 Å². The second kappa shape index (κ2) is 6.48. The summed E-state index contributed by atoms with van der Waals surface area (Å²) in [6.45, 7) is 11.6. The zero-order chi connectivity index (χ0) is 12.0. The van der Waals surface area contributed by atoms with E-state index in [-0.39, 0.29) is 0 Å². The minimum Gasteiger partial charge on any atom is -0.371 e. The van der Waals surface area contributed by atoms with E-state index in [0.717, 1.165) is 25.3 Å². The van der Waals surface area contributed by atoms with Gasteiger partial charge in [-0.15, -0.1) is 0 Å². The Balaban J connectivity index is 2.74. The van der Waals surface area contributed by atoms with Gasteiger partial charge in [0.15, 0.2) is 0 Å². The minimum atomic E-state index is 0.329. The third-order valence-corrected chi connectivity index (χ3v) is 2.85. The van der Waals surface area contributed by atoms with Gasteiger partial charge in [0.2, 0.25) is 0 Å². The number of nitrogens with one attached hydrogen (secondary N) is 1. The van der Waals surface area contributed by atoms with E-state index in [4.69, 9.17) is 0 Å². The molecule has 0 saturated carbocycles. The Kier molecular flexibility index (Phi) is 5.26. The molecule has 3 nitrogen and oxygen atoms in total. The lowest BCUT2D eigenvalue weighted by Crippen LogP contribution is -2.23. The van der Waals surface area contributed by atoms with Crippen LogP contribution in [-0.4, -0.2) is 24.6 Å². The van der Waals surface area contributed by atoms with Crippen molar-refractivity contribution in [1.82, 2.24) is 10.3 Å². The molecule has 1 aromatic heterocycles. The third kappa shape index (κ3) is 3.20. The molecule has 1 aromatic rings. The molecule has 0 aliphatic rings. The molecule has 1 atom stereocenters. The van der Waals surface area contributed by atoms with Crippen LogP contribution in [0.15, 0.2) is 18.3 Å². The van der Waals surface area contributed by atoms with Gasteiger partial charge in [-0.05, 0) is 39.4 Å². The summed E-state index contributed by atoms with van der Waals surface area (Å²) in [5.74, 6) is 0. The molecule has 1 rings (SSSR count). The van der Waals surface area contributed by atoms with Gasteiger partial charge in [0.25, 0.3) is 0 Å². The topological polar surface area (TPSA) is 28.2 Å². The first-order valence-electron chi connectivity index (χ1n) is 6.17. The summed E-state index contributed by atoms with van der Waals surface area (Å²) in [6.07, 6.45) is 1.97. The van der Waals surface area contributed by atoms with Crippen molar-refractivity contribution < 1.29 is 0 Å². The molecule has 0 fully saturated rings. The molecule has 0 radical (unpaired) electrons. The largest absolute Gasteiger partial charge is 0.371 e. The Labute approximate surface area is 98.9 Å². The maximum absolute atomic E-state index is 4.51. The normalized spacial score (nSPS) is 12.5. The fourth-order valence-electron chi connectivity index (χ4n) is 1.84. The molecule has 3 heteroatoms. The van der Waals surface area contributed by atoms with Crippen molar-refractivity contribution in [3.63, 3.8) is 0 Å². The maximum Gasteiger partial charge on any atom is 0.0572 e. The highest BCUT2D eigenvalue weighted by molar-refractivity contribution is 5.44. The van der Waals surface area contributed by atoms with Crippen LogP contribution in [0.4, 0.5) is 5.69 Å². The highest BCUT2D eigenvalue weighted by atomic mass is 15.1. The zero-order valence-electron chi connectivity index (χ0n) is 10.8. The molecule has 1 heterocycles. The summed E-state index contributed by atoms with van der Waals surface area (Å²) in [5.41, 5.74) is 2.32. The molecule has 1 unspecified atom stereocenters. The molecule has 0 aliphatic carbocycles. The van der Waals surface area contributed by atoms with Crippen molar-refractivity contribution in [2.24, 2.45) is 0 Å². The number of pyridine rings is 1. The van der Waals surface area contributed by atoms with Gasteiger partial charge < -0.3 is 10.2 Å². The Bertz CT molecular complexity index is 291. The van der Waals surface area contributed by atoms with E-state index < -0.39 is 0 Å². The van der Waals surface area contributed by atoms with Crippen LogP contribution in [0.5, 0.6) is 0 Å². The number of rotatable bonds is 6. The first-order valence-corrected chi connectivity index (χ1v) is 6.17. The van der Waals surface area contributed by atoms with Crippen molar-refractivity contribution in [2.45, 2.75) is 33.7 Å². The van der Waals surface area contributed by atoms with Crippen molar-refractivity contribution in [3.05, 3.63) is 24.0 Å². The summed E-state index contributed by atoms with van der Waals surface area (Å²) in [6, 6.07) is 4.60. The molecule has 0 saturated heterocycles. The number of hydrogen-bond acceptors (Lipinski definition) is 3. The lowest BCUT2D eigenvalue weighted by atomic mass is 10.2. The average Bonchev–Trinajstić information content (AvgIpc) is 2.32. The van der Waals surface area contributed by atoms with E-state index in [1.807, 2.05) is 6.20 Å². The summed E-state index contributed by atoms with van der Waals surface area (Å²) >= 11 is 0. The summed E-state index contributed by atoms with van der Waals surface area (Å²) in [7, 11) is 0. The fourth-order valence-corrected chi connectivity index (χ4v) is 1.84. The van der Waals surface area contributed by atoms with Crippen molar-refractivity contribution in [1.29, 1.82) is 0 Å². The minimum absolute atomic E-state index is 0.329. The standard InChI is InChI=1S/C13H23N3/c1-5-14-11(4)13-9-8-12(10-15-13)16(6-2)7-3/h8-11,14H,5-7H2,1-4H3.